The van der Waals surface area contributed by atoms with Gasteiger partial charge in [0.2, 0.25) is 5.75 Å². The first-order valence-electron chi connectivity index (χ1n) is 6.78. The molecule has 1 aromatic carbocycles. The van der Waals surface area contributed by atoms with E-state index in [-0.39, 0.29) is 28.9 Å². The maximum absolute atomic E-state index is 12.7. The van der Waals surface area contributed by atoms with Gasteiger partial charge in [-0.2, -0.15) is 0 Å². The van der Waals surface area contributed by atoms with Crippen LogP contribution in [0.25, 0.3) is 0 Å². The van der Waals surface area contributed by atoms with E-state index in [4.69, 9.17) is 4.74 Å². The molecule has 0 spiro atoms. The number of halogens is 1. The summed E-state index contributed by atoms with van der Waals surface area (Å²) in [4.78, 5) is 25.0. The van der Waals surface area contributed by atoms with Crippen molar-refractivity contribution in [2.45, 2.75) is 25.3 Å². The summed E-state index contributed by atoms with van der Waals surface area (Å²) in [7, 11) is 1.34. The summed E-state index contributed by atoms with van der Waals surface area (Å²) in [6.07, 6.45) is 3.08. The molecule has 0 bridgehead atoms. The van der Waals surface area contributed by atoms with Crippen LogP contribution in [-0.4, -0.2) is 40.8 Å². The van der Waals surface area contributed by atoms with E-state index in [1.807, 2.05) is 0 Å². The van der Waals surface area contributed by atoms with Gasteiger partial charge < -0.3 is 9.64 Å². The number of ether oxygens (including phenoxy) is 1. The lowest BCUT2D eigenvalue weighted by atomic mass is 9.91. The molecule has 114 valence electrons. The smallest absolute Gasteiger partial charge is 0.311 e. The van der Waals surface area contributed by atoms with Crippen LogP contribution < -0.4 is 4.74 Å². The van der Waals surface area contributed by atoms with Crippen molar-refractivity contribution >= 4 is 27.5 Å². The van der Waals surface area contributed by atoms with Gasteiger partial charge in [0.1, 0.15) is 0 Å². The largest absolute Gasteiger partial charge is 0.490 e. The maximum atomic E-state index is 12.7. The van der Waals surface area contributed by atoms with Crippen LogP contribution in [-0.2, 0) is 0 Å². The van der Waals surface area contributed by atoms with Crippen LogP contribution in [0.1, 0.15) is 29.6 Å². The predicted octanol–water partition coefficient (Wildman–Crippen LogP) is 2.99. The number of carbonyl (C=O) groups excluding carboxylic acids is 1. The number of carbonyl (C=O) groups is 1. The highest BCUT2D eigenvalue weighted by Crippen LogP contribution is 2.33. The van der Waals surface area contributed by atoms with Crippen LogP contribution in [0.4, 0.5) is 5.69 Å². The Bertz CT molecular complexity index is 546. The van der Waals surface area contributed by atoms with Crippen molar-refractivity contribution in [1.29, 1.82) is 0 Å². The van der Waals surface area contributed by atoms with E-state index >= 15 is 0 Å². The molecule has 1 fully saturated rings. The van der Waals surface area contributed by atoms with E-state index in [0.29, 0.717) is 11.9 Å². The van der Waals surface area contributed by atoms with Gasteiger partial charge in [-0.25, -0.2) is 0 Å². The Morgan fingerprint density at radius 1 is 1.52 bits per heavy atom. The minimum absolute atomic E-state index is 0.0337. The number of nitro groups is 1. The molecule has 1 aliphatic carbocycles. The molecule has 1 saturated carbocycles. The summed E-state index contributed by atoms with van der Waals surface area (Å²) in [5.41, 5.74) is 0.0651. The Balaban J connectivity index is 2.36. The molecule has 2 rings (SSSR count). The molecule has 0 radical (unpaired) electrons. The molecule has 1 amide bonds. The molecule has 0 atom stereocenters. The second-order valence-corrected chi connectivity index (χ2v) is 5.68. The predicted molar refractivity (Wildman–Crippen MR) is 82.1 cm³/mol. The van der Waals surface area contributed by atoms with Crippen molar-refractivity contribution < 1.29 is 14.5 Å². The van der Waals surface area contributed by atoms with E-state index in [9.17, 15) is 14.9 Å². The minimum Gasteiger partial charge on any atom is -0.490 e. The van der Waals surface area contributed by atoms with Crippen molar-refractivity contribution in [3.63, 3.8) is 0 Å². The molecule has 0 N–H and O–H groups in total. The van der Waals surface area contributed by atoms with Gasteiger partial charge in [0.25, 0.3) is 5.91 Å². The molecule has 0 saturated heterocycles. The average molecular weight is 357 g/mol. The highest BCUT2D eigenvalue weighted by molar-refractivity contribution is 9.09. The second kappa shape index (κ2) is 6.89. The van der Waals surface area contributed by atoms with Gasteiger partial charge in [-0.05, 0) is 25.3 Å². The molecule has 0 heterocycles. The topological polar surface area (TPSA) is 72.7 Å². The zero-order valence-corrected chi connectivity index (χ0v) is 13.3. The fraction of sp³-hybridized carbons (Fsp3) is 0.500. The number of benzene rings is 1. The van der Waals surface area contributed by atoms with Gasteiger partial charge in [-0.15, -0.1) is 0 Å². The lowest BCUT2D eigenvalue weighted by Gasteiger charge is -2.37. The standard InChI is InChI=1S/C14H17BrN2O4/c1-21-13-11(6-3-7-12(13)17(19)20)14(18)16(9-8-15)10-4-2-5-10/h3,6-7,10H,2,4-5,8-9H2,1H3. The molecule has 21 heavy (non-hydrogen) atoms. The number of nitrogens with zero attached hydrogens (tertiary/aromatic N) is 2. The first-order valence-corrected chi connectivity index (χ1v) is 7.90. The molecule has 1 aliphatic rings. The molecule has 0 aromatic heterocycles. The summed E-state index contributed by atoms with van der Waals surface area (Å²) >= 11 is 3.35. The Labute approximate surface area is 131 Å². The van der Waals surface area contributed by atoms with Crippen LogP contribution in [0, 0.1) is 10.1 Å². The Morgan fingerprint density at radius 2 is 2.24 bits per heavy atom. The van der Waals surface area contributed by atoms with E-state index in [1.165, 1.54) is 19.2 Å². The van der Waals surface area contributed by atoms with Crippen molar-refractivity contribution in [2.24, 2.45) is 0 Å². The van der Waals surface area contributed by atoms with Crippen molar-refractivity contribution in [3.8, 4) is 5.75 Å². The van der Waals surface area contributed by atoms with Crippen molar-refractivity contribution in [1.82, 2.24) is 4.90 Å². The molecular weight excluding hydrogens is 340 g/mol. The summed E-state index contributed by atoms with van der Waals surface area (Å²) in [6.45, 7) is 0.579. The van der Waals surface area contributed by atoms with Crippen LogP contribution in [0.15, 0.2) is 18.2 Å². The highest BCUT2D eigenvalue weighted by atomic mass is 79.9. The van der Waals surface area contributed by atoms with E-state index in [1.54, 1.807) is 11.0 Å². The minimum atomic E-state index is -0.534. The number of hydrogen-bond acceptors (Lipinski definition) is 4. The number of alkyl halides is 1. The molecule has 7 heteroatoms. The monoisotopic (exact) mass is 356 g/mol. The summed E-state index contributed by atoms with van der Waals surface area (Å²) in [5, 5.41) is 11.7. The highest BCUT2D eigenvalue weighted by Gasteiger charge is 2.32. The SMILES string of the molecule is COc1c(C(=O)N(CCBr)C2CCC2)cccc1[N+](=O)[O-]. The summed E-state index contributed by atoms with van der Waals surface area (Å²) < 4.78 is 5.12. The lowest BCUT2D eigenvalue weighted by Crippen LogP contribution is -2.45. The normalized spacial score (nSPS) is 14.4. The number of hydrogen-bond donors (Lipinski definition) is 0. The lowest BCUT2D eigenvalue weighted by molar-refractivity contribution is -0.385. The molecule has 0 unspecified atom stereocenters. The number of methoxy groups -OCH3 is 1. The van der Waals surface area contributed by atoms with E-state index in [2.05, 4.69) is 15.9 Å². The Morgan fingerprint density at radius 3 is 2.71 bits per heavy atom. The first-order chi connectivity index (χ1) is 10.1. The maximum Gasteiger partial charge on any atom is 0.311 e. The molecular formula is C14H17BrN2O4. The van der Waals surface area contributed by atoms with Gasteiger partial charge in [-0.3, -0.25) is 14.9 Å². The summed E-state index contributed by atoms with van der Waals surface area (Å²) in [6, 6.07) is 4.65. The average Bonchev–Trinajstić information content (AvgIpc) is 2.43. The van der Waals surface area contributed by atoms with Crippen molar-refractivity contribution in [3.05, 3.63) is 33.9 Å². The Hall–Kier alpha value is -1.63. The number of rotatable bonds is 6. The van der Waals surface area contributed by atoms with Crippen molar-refractivity contribution in [2.75, 3.05) is 19.0 Å². The molecule has 0 aliphatic heterocycles. The quantitative estimate of drug-likeness (QED) is 0.446. The van der Waals surface area contributed by atoms with Crippen LogP contribution in [0.5, 0.6) is 5.75 Å². The van der Waals surface area contributed by atoms with Crippen LogP contribution >= 0.6 is 15.9 Å². The molecule has 1 aromatic rings. The van der Waals surface area contributed by atoms with Gasteiger partial charge in [0, 0.05) is 24.0 Å². The molecule has 6 nitrogen and oxygen atoms in total. The van der Waals surface area contributed by atoms with E-state index < -0.39 is 4.92 Å². The van der Waals surface area contributed by atoms with Gasteiger partial charge in [0.05, 0.1) is 17.6 Å². The van der Waals surface area contributed by atoms with Gasteiger partial charge in [-0.1, -0.05) is 22.0 Å². The third kappa shape index (κ3) is 3.18. The third-order valence-electron chi connectivity index (χ3n) is 3.73. The van der Waals surface area contributed by atoms with Crippen LogP contribution in [0.2, 0.25) is 0 Å². The third-order valence-corrected chi connectivity index (χ3v) is 4.08. The van der Waals surface area contributed by atoms with Gasteiger partial charge in [0.15, 0.2) is 0 Å². The number of nitro benzene ring substituents is 1. The first kappa shape index (κ1) is 15.8. The summed E-state index contributed by atoms with van der Waals surface area (Å²) in [5.74, 6) is -0.175. The number of para-hydroxylation sites is 1. The fourth-order valence-corrected chi connectivity index (χ4v) is 2.83. The number of amides is 1. The second-order valence-electron chi connectivity index (χ2n) is 4.89. The van der Waals surface area contributed by atoms with Gasteiger partial charge >= 0.3 is 5.69 Å². The van der Waals surface area contributed by atoms with Crippen LogP contribution in [0.3, 0.4) is 0 Å². The fourth-order valence-electron chi connectivity index (χ4n) is 2.45. The Kier molecular flexibility index (Phi) is 5.17. The zero-order valence-electron chi connectivity index (χ0n) is 11.8. The zero-order chi connectivity index (χ0) is 15.4. The van der Waals surface area contributed by atoms with E-state index in [0.717, 1.165) is 19.3 Å².